The Labute approximate surface area is 277 Å². The van der Waals surface area contributed by atoms with Gasteiger partial charge in [0.05, 0.1) is 40.3 Å². The first kappa shape index (κ1) is 27.4. The summed E-state index contributed by atoms with van der Waals surface area (Å²) in [7, 11) is 0. The van der Waals surface area contributed by atoms with Gasteiger partial charge in [-0.3, -0.25) is 0 Å². The molecule has 0 aliphatic rings. The van der Waals surface area contributed by atoms with Crippen LogP contribution in [-0.4, -0.2) is 9.13 Å². The monoisotopic (exact) mass is 610 g/mol. The second-order valence-electron chi connectivity index (χ2n) is 11.9. The number of nitriles is 1. The van der Waals surface area contributed by atoms with E-state index in [0.29, 0.717) is 11.3 Å². The van der Waals surface area contributed by atoms with Crippen LogP contribution in [-0.2, 0) is 0 Å². The van der Waals surface area contributed by atoms with Crippen LogP contribution >= 0.6 is 0 Å². The van der Waals surface area contributed by atoms with Crippen LogP contribution in [0.5, 0.6) is 0 Å². The van der Waals surface area contributed by atoms with Crippen LogP contribution in [0.1, 0.15) is 5.56 Å². The maximum Gasteiger partial charge on any atom is 0.212 e. The summed E-state index contributed by atoms with van der Waals surface area (Å²) in [5.74, 6) is 0. The van der Waals surface area contributed by atoms with Crippen molar-refractivity contribution in [3.8, 4) is 39.7 Å². The minimum Gasteiger partial charge on any atom is -0.309 e. The summed E-state index contributed by atoms with van der Waals surface area (Å²) in [4.78, 5) is 3.90. The lowest BCUT2D eigenvalue weighted by Gasteiger charge is -2.15. The molecule has 0 N–H and O–H groups in total. The highest BCUT2D eigenvalue weighted by Gasteiger charge is 2.21. The number of hydrogen-bond donors (Lipinski definition) is 0. The highest BCUT2D eigenvalue weighted by Crippen LogP contribution is 2.45. The van der Waals surface area contributed by atoms with Gasteiger partial charge >= 0.3 is 0 Å². The van der Waals surface area contributed by atoms with Crippen molar-refractivity contribution in [2.24, 2.45) is 0 Å². The lowest BCUT2D eigenvalue weighted by atomic mass is 9.90. The third-order valence-electron chi connectivity index (χ3n) is 9.38. The second-order valence-corrected chi connectivity index (χ2v) is 11.9. The molecule has 2 aromatic heterocycles. The van der Waals surface area contributed by atoms with Crippen molar-refractivity contribution in [3.63, 3.8) is 0 Å². The molecule has 0 saturated carbocycles. The first-order chi connectivity index (χ1) is 23.7. The van der Waals surface area contributed by atoms with Crippen molar-refractivity contribution in [3.05, 3.63) is 175 Å². The van der Waals surface area contributed by atoms with Gasteiger partial charge in [-0.25, -0.2) is 4.85 Å². The molecular formula is C44H26N4. The second kappa shape index (κ2) is 10.9. The van der Waals surface area contributed by atoms with E-state index in [1.54, 1.807) is 6.07 Å². The van der Waals surface area contributed by atoms with Crippen LogP contribution < -0.4 is 0 Å². The van der Waals surface area contributed by atoms with Gasteiger partial charge in [0.25, 0.3) is 0 Å². The van der Waals surface area contributed by atoms with E-state index in [4.69, 9.17) is 6.57 Å². The third-order valence-corrected chi connectivity index (χ3v) is 9.38. The molecular weight excluding hydrogens is 585 g/mol. The van der Waals surface area contributed by atoms with Crippen LogP contribution in [0.15, 0.2) is 158 Å². The molecule has 4 nitrogen and oxygen atoms in total. The van der Waals surface area contributed by atoms with Gasteiger partial charge in [-0.05, 0) is 82.9 Å². The summed E-state index contributed by atoms with van der Waals surface area (Å²) in [6, 6.07) is 56.9. The normalized spacial score (nSPS) is 11.3. The summed E-state index contributed by atoms with van der Waals surface area (Å²) in [5.41, 5.74) is 11.1. The first-order valence-corrected chi connectivity index (χ1v) is 15.9. The largest absolute Gasteiger partial charge is 0.309 e. The SMILES string of the molecule is [C-]#[N+]c1c(C#N)cccc1-c1cc2c(cc1-c1ccc3c(c1)c1ccccc1n3-c1ccccc1)c1ccccc1n2-c1ccccc1. The van der Waals surface area contributed by atoms with Crippen LogP contribution in [0.25, 0.3) is 82.1 Å². The highest BCUT2D eigenvalue weighted by atomic mass is 15.0. The lowest BCUT2D eigenvalue weighted by molar-refractivity contribution is 1.18. The number of rotatable bonds is 4. The van der Waals surface area contributed by atoms with Crippen LogP contribution in [0.3, 0.4) is 0 Å². The molecule has 0 spiro atoms. The van der Waals surface area contributed by atoms with Crippen molar-refractivity contribution in [1.29, 1.82) is 5.26 Å². The average molecular weight is 611 g/mol. The summed E-state index contributed by atoms with van der Waals surface area (Å²) in [6.45, 7) is 8.13. The number of benzene rings is 7. The summed E-state index contributed by atoms with van der Waals surface area (Å²) in [5, 5.41) is 14.6. The van der Waals surface area contributed by atoms with E-state index in [9.17, 15) is 5.26 Å². The molecule has 4 heteroatoms. The Morgan fingerprint density at radius 1 is 0.458 bits per heavy atom. The zero-order chi connectivity index (χ0) is 32.2. The molecule has 222 valence electrons. The third kappa shape index (κ3) is 4.07. The Bertz CT molecular complexity index is 2790. The Hall–Kier alpha value is -6.88. The van der Waals surface area contributed by atoms with Crippen molar-refractivity contribution in [1.82, 2.24) is 9.13 Å². The molecule has 2 heterocycles. The molecule has 9 rings (SSSR count). The number of hydrogen-bond acceptors (Lipinski definition) is 1. The summed E-state index contributed by atoms with van der Waals surface area (Å²) >= 11 is 0. The minimum absolute atomic E-state index is 0.365. The van der Waals surface area contributed by atoms with Crippen LogP contribution in [0, 0.1) is 17.9 Å². The molecule has 0 atom stereocenters. The molecule has 0 amide bonds. The smallest absolute Gasteiger partial charge is 0.212 e. The molecule has 0 bridgehead atoms. The fourth-order valence-corrected chi connectivity index (χ4v) is 7.30. The topological polar surface area (TPSA) is 38.0 Å². The number of fused-ring (bicyclic) bond motifs is 6. The quantitative estimate of drug-likeness (QED) is 0.183. The first-order valence-electron chi connectivity index (χ1n) is 15.9. The Kier molecular flexibility index (Phi) is 6.22. The van der Waals surface area contributed by atoms with E-state index in [1.807, 2.05) is 24.3 Å². The van der Waals surface area contributed by atoms with Crippen molar-refractivity contribution in [2.45, 2.75) is 0 Å². The fraction of sp³-hybridized carbons (Fsp3) is 0. The maximum atomic E-state index is 9.98. The zero-order valence-electron chi connectivity index (χ0n) is 25.8. The van der Waals surface area contributed by atoms with Gasteiger partial charge in [-0.15, -0.1) is 0 Å². The molecule has 48 heavy (non-hydrogen) atoms. The Morgan fingerprint density at radius 3 is 1.65 bits per heavy atom. The summed E-state index contributed by atoms with van der Waals surface area (Å²) in [6.07, 6.45) is 0. The number of para-hydroxylation sites is 5. The van der Waals surface area contributed by atoms with E-state index in [1.165, 1.54) is 5.39 Å². The molecule has 0 unspecified atom stereocenters. The molecule has 0 fully saturated rings. The van der Waals surface area contributed by atoms with Crippen molar-refractivity contribution in [2.75, 3.05) is 0 Å². The maximum absolute atomic E-state index is 9.98. The molecule has 9 aromatic rings. The molecule has 0 aliphatic carbocycles. The minimum atomic E-state index is 0.365. The van der Waals surface area contributed by atoms with Gasteiger partial charge in [0.2, 0.25) is 5.69 Å². The van der Waals surface area contributed by atoms with Gasteiger partial charge < -0.3 is 9.13 Å². The van der Waals surface area contributed by atoms with Gasteiger partial charge in [-0.1, -0.05) is 97.1 Å². The van der Waals surface area contributed by atoms with Gasteiger partial charge in [0, 0.05) is 32.9 Å². The van der Waals surface area contributed by atoms with Crippen molar-refractivity contribution >= 4 is 49.3 Å². The van der Waals surface area contributed by atoms with Gasteiger partial charge in [0.1, 0.15) is 0 Å². The van der Waals surface area contributed by atoms with E-state index in [0.717, 1.165) is 71.9 Å². The Morgan fingerprint density at radius 2 is 1.02 bits per heavy atom. The molecule has 0 saturated heterocycles. The predicted octanol–water partition coefficient (Wildman–Crippen LogP) is 11.6. The van der Waals surface area contributed by atoms with Crippen LogP contribution in [0.2, 0.25) is 0 Å². The zero-order valence-corrected chi connectivity index (χ0v) is 25.8. The van der Waals surface area contributed by atoms with Crippen LogP contribution in [0.4, 0.5) is 5.69 Å². The number of nitrogens with zero attached hydrogens (tertiary/aromatic N) is 4. The van der Waals surface area contributed by atoms with E-state index < -0.39 is 0 Å². The van der Waals surface area contributed by atoms with E-state index >= 15 is 0 Å². The van der Waals surface area contributed by atoms with E-state index in [-0.39, 0.29) is 0 Å². The predicted molar refractivity (Wildman–Crippen MR) is 197 cm³/mol. The molecule has 7 aromatic carbocycles. The summed E-state index contributed by atoms with van der Waals surface area (Å²) < 4.78 is 4.61. The average Bonchev–Trinajstić information content (AvgIpc) is 3.66. The van der Waals surface area contributed by atoms with Crippen molar-refractivity contribution < 1.29 is 0 Å². The van der Waals surface area contributed by atoms with Gasteiger partial charge in [0.15, 0.2) is 0 Å². The number of aromatic nitrogens is 2. The lowest BCUT2D eigenvalue weighted by Crippen LogP contribution is -1.95. The molecule has 0 radical (unpaired) electrons. The van der Waals surface area contributed by atoms with Gasteiger partial charge in [-0.2, -0.15) is 5.26 Å². The standard InChI is InChI=1S/C44H26N4/c1-46-44-30(28-45)13-12-20-35(44)37-27-43-39(34-19-9-11-22-41(34)48(43)32-16-6-3-7-17-32)26-36(37)29-23-24-42-38(25-29)33-18-8-10-21-40(33)47(42)31-14-4-2-5-15-31/h2-27H. The Balaban J connectivity index is 1.40. The molecule has 0 aliphatic heterocycles. The fourth-order valence-electron chi connectivity index (χ4n) is 7.30. The highest BCUT2D eigenvalue weighted by molar-refractivity contribution is 6.15. The van der Waals surface area contributed by atoms with E-state index in [2.05, 4.69) is 147 Å².